The van der Waals surface area contributed by atoms with Gasteiger partial charge in [0.25, 0.3) is 0 Å². The minimum atomic E-state index is 1.07. The quantitative estimate of drug-likeness (QED) is 0.213. The van der Waals surface area contributed by atoms with Crippen molar-refractivity contribution in [3.8, 4) is 39.1 Å². The van der Waals surface area contributed by atoms with Gasteiger partial charge in [0, 0.05) is 33.4 Å². The monoisotopic (exact) mass is 562 g/mol. The number of rotatable bonds is 6. The highest BCUT2D eigenvalue weighted by atomic mass is 15.0. The highest BCUT2D eigenvalue weighted by Gasteiger charge is 2.14. The molecular weight excluding hydrogens is 532 g/mol. The van der Waals surface area contributed by atoms with Crippen molar-refractivity contribution >= 4 is 33.2 Å². The maximum atomic E-state index is 3.67. The fourth-order valence-corrected chi connectivity index (χ4v) is 6.23. The summed E-state index contributed by atoms with van der Waals surface area (Å²) in [6.45, 7) is 0. The standard InChI is InChI=1S/C42H30N2/c1-4-12-30(13-5-1)31-20-22-32(23-21-31)38-28-33(24-26-40(38)43-35-14-6-2-7-15-35)34-25-27-42-39(29-34)37-18-10-11-19-41(37)44(42)36-16-8-3-9-17-36/h1-29,43H. The molecule has 2 heteroatoms. The van der Waals surface area contributed by atoms with E-state index in [1.54, 1.807) is 0 Å². The summed E-state index contributed by atoms with van der Waals surface area (Å²) in [6.07, 6.45) is 0. The predicted octanol–water partition coefficient (Wildman–Crippen LogP) is 11.5. The molecule has 0 unspecified atom stereocenters. The number of anilines is 2. The van der Waals surface area contributed by atoms with Gasteiger partial charge in [-0.25, -0.2) is 0 Å². The van der Waals surface area contributed by atoms with E-state index in [0.29, 0.717) is 0 Å². The molecule has 1 aromatic heterocycles. The van der Waals surface area contributed by atoms with Crippen molar-refractivity contribution in [2.45, 2.75) is 0 Å². The molecule has 1 heterocycles. The first-order valence-corrected chi connectivity index (χ1v) is 15.0. The summed E-state index contributed by atoms with van der Waals surface area (Å²) >= 11 is 0. The fraction of sp³-hybridized carbons (Fsp3) is 0. The Morgan fingerprint density at radius 1 is 0.364 bits per heavy atom. The van der Waals surface area contributed by atoms with Gasteiger partial charge in [0.05, 0.1) is 11.0 Å². The number of hydrogen-bond acceptors (Lipinski definition) is 1. The molecule has 7 aromatic carbocycles. The number of fused-ring (bicyclic) bond motifs is 3. The Kier molecular flexibility index (Phi) is 6.51. The minimum Gasteiger partial charge on any atom is -0.355 e. The lowest BCUT2D eigenvalue weighted by molar-refractivity contribution is 1.18. The van der Waals surface area contributed by atoms with Gasteiger partial charge in [-0.1, -0.05) is 121 Å². The molecule has 8 rings (SSSR count). The van der Waals surface area contributed by atoms with Gasteiger partial charge in [-0.15, -0.1) is 0 Å². The Balaban J connectivity index is 1.26. The summed E-state index contributed by atoms with van der Waals surface area (Å²) in [4.78, 5) is 0. The van der Waals surface area contributed by atoms with Crippen molar-refractivity contribution in [1.82, 2.24) is 4.57 Å². The van der Waals surface area contributed by atoms with Crippen LogP contribution in [-0.4, -0.2) is 4.57 Å². The maximum absolute atomic E-state index is 3.67. The molecule has 0 aliphatic carbocycles. The van der Waals surface area contributed by atoms with Crippen LogP contribution >= 0.6 is 0 Å². The summed E-state index contributed by atoms with van der Waals surface area (Å²) in [7, 11) is 0. The Morgan fingerprint density at radius 2 is 0.909 bits per heavy atom. The van der Waals surface area contributed by atoms with Crippen LogP contribution in [0.4, 0.5) is 11.4 Å². The van der Waals surface area contributed by atoms with E-state index in [1.807, 2.05) is 6.07 Å². The van der Waals surface area contributed by atoms with E-state index in [9.17, 15) is 0 Å². The Morgan fingerprint density at radius 3 is 1.68 bits per heavy atom. The molecule has 0 fully saturated rings. The third kappa shape index (κ3) is 4.73. The van der Waals surface area contributed by atoms with E-state index in [1.165, 1.54) is 55.3 Å². The van der Waals surface area contributed by atoms with Crippen molar-refractivity contribution in [3.05, 3.63) is 176 Å². The van der Waals surface area contributed by atoms with E-state index < -0.39 is 0 Å². The van der Waals surface area contributed by atoms with Crippen molar-refractivity contribution in [1.29, 1.82) is 0 Å². The molecule has 1 N–H and O–H groups in total. The summed E-state index contributed by atoms with van der Waals surface area (Å²) in [5, 5.41) is 6.18. The Labute approximate surface area is 257 Å². The second-order valence-corrected chi connectivity index (χ2v) is 11.1. The first-order valence-electron chi connectivity index (χ1n) is 15.0. The summed E-state index contributed by atoms with van der Waals surface area (Å²) in [5.74, 6) is 0. The average Bonchev–Trinajstić information content (AvgIpc) is 3.43. The smallest absolute Gasteiger partial charge is 0.0541 e. The summed E-state index contributed by atoms with van der Waals surface area (Å²) in [5.41, 5.74) is 12.9. The average molecular weight is 563 g/mol. The van der Waals surface area contributed by atoms with E-state index in [-0.39, 0.29) is 0 Å². The second-order valence-electron chi connectivity index (χ2n) is 11.1. The van der Waals surface area contributed by atoms with Crippen LogP contribution in [-0.2, 0) is 0 Å². The van der Waals surface area contributed by atoms with E-state index in [0.717, 1.165) is 16.9 Å². The molecule has 208 valence electrons. The molecule has 0 bridgehead atoms. The third-order valence-electron chi connectivity index (χ3n) is 8.40. The van der Waals surface area contributed by atoms with Gasteiger partial charge in [-0.05, 0) is 82.4 Å². The molecular formula is C42H30N2. The van der Waals surface area contributed by atoms with Crippen LogP contribution in [0.5, 0.6) is 0 Å². The van der Waals surface area contributed by atoms with Crippen LogP contribution in [0.1, 0.15) is 0 Å². The van der Waals surface area contributed by atoms with Crippen molar-refractivity contribution < 1.29 is 0 Å². The maximum Gasteiger partial charge on any atom is 0.0541 e. The molecule has 8 aromatic rings. The van der Waals surface area contributed by atoms with Crippen LogP contribution in [0.2, 0.25) is 0 Å². The predicted molar refractivity (Wildman–Crippen MR) is 187 cm³/mol. The lowest BCUT2D eigenvalue weighted by atomic mass is 9.95. The number of aromatic nitrogens is 1. The number of para-hydroxylation sites is 3. The first-order chi connectivity index (χ1) is 21.8. The lowest BCUT2D eigenvalue weighted by Crippen LogP contribution is -1.94. The molecule has 0 spiro atoms. The highest BCUT2D eigenvalue weighted by molar-refractivity contribution is 6.10. The van der Waals surface area contributed by atoms with Crippen molar-refractivity contribution in [2.75, 3.05) is 5.32 Å². The molecule has 0 saturated carbocycles. The van der Waals surface area contributed by atoms with Gasteiger partial charge in [0.1, 0.15) is 0 Å². The number of benzene rings is 7. The zero-order valence-electron chi connectivity index (χ0n) is 24.2. The molecule has 2 nitrogen and oxygen atoms in total. The Hall–Kier alpha value is -5.86. The molecule has 0 saturated heterocycles. The summed E-state index contributed by atoms with van der Waals surface area (Å²) < 4.78 is 2.36. The molecule has 0 radical (unpaired) electrons. The summed E-state index contributed by atoms with van der Waals surface area (Å²) in [6, 6.07) is 62.7. The molecule has 0 atom stereocenters. The van der Waals surface area contributed by atoms with Crippen LogP contribution < -0.4 is 5.32 Å². The van der Waals surface area contributed by atoms with E-state index in [2.05, 4.69) is 180 Å². The normalized spacial score (nSPS) is 11.2. The van der Waals surface area contributed by atoms with Gasteiger partial charge in [-0.2, -0.15) is 0 Å². The molecule has 44 heavy (non-hydrogen) atoms. The fourth-order valence-electron chi connectivity index (χ4n) is 6.23. The number of nitrogens with one attached hydrogen (secondary N) is 1. The van der Waals surface area contributed by atoms with Gasteiger partial charge < -0.3 is 9.88 Å². The molecule has 0 aliphatic rings. The number of nitrogens with zero attached hydrogens (tertiary/aromatic N) is 1. The number of hydrogen-bond donors (Lipinski definition) is 1. The molecule has 0 aliphatic heterocycles. The van der Waals surface area contributed by atoms with Crippen molar-refractivity contribution in [2.24, 2.45) is 0 Å². The largest absolute Gasteiger partial charge is 0.355 e. The highest BCUT2D eigenvalue weighted by Crippen LogP contribution is 2.38. The van der Waals surface area contributed by atoms with Gasteiger partial charge in [0.2, 0.25) is 0 Å². The first kappa shape index (κ1) is 25.8. The van der Waals surface area contributed by atoms with Crippen LogP contribution in [0.3, 0.4) is 0 Å². The molecule has 0 amide bonds. The minimum absolute atomic E-state index is 1.07. The van der Waals surface area contributed by atoms with E-state index in [4.69, 9.17) is 0 Å². The third-order valence-corrected chi connectivity index (χ3v) is 8.40. The second kappa shape index (κ2) is 11.1. The lowest BCUT2D eigenvalue weighted by Gasteiger charge is -2.15. The van der Waals surface area contributed by atoms with Gasteiger partial charge in [0.15, 0.2) is 0 Å². The van der Waals surface area contributed by atoms with E-state index >= 15 is 0 Å². The Bertz CT molecular complexity index is 2210. The zero-order chi connectivity index (χ0) is 29.3. The van der Waals surface area contributed by atoms with Crippen LogP contribution in [0, 0.1) is 0 Å². The van der Waals surface area contributed by atoms with Crippen molar-refractivity contribution in [3.63, 3.8) is 0 Å². The van der Waals surface area contributed by atoms with Gasteiger partial charge in [-0.3, -0.25) is 0 Å². The van der Waals surface area contributed by atoms with Gasteiger partial charge >= 0.3 is 0 Å². The van der Waals surface area contributed by atoms with Crippen LogP contribution in [0.15, 0.2) is 176 Å². The topological polar surface area (TPSA) is 17.0 Å². The SMILES string of the molecule is c1ccc(Nc2ccc(-c3ccc4c(c3)c3ccccc3n4-c3ccccc3)cc2-c2ccc(-c3ccccc3)cc2)cc1. The zero-order valence-corrected chi connectivity index (χ0v) is 24.2. The van der Waals surface area contributed by atoms with Crippen LogP contribution in [0.25, 0.3) is 60.9 Å².